The summed E-state index contributed by atoms with van der Waals surface area (Å²) in [6.45, 7) is 9.83. The summed E-state index contributed by atoms with van der Waals surface area (Å²) in [6, 6.07) is 7.12. The Morgan fingerprint density at radius 3 is 2.45 bits per heavy atom. The highest BCUT2D eigenvalue weighted by atomic mass is 32.2. The zero-order valence-electron chi connectivity index (χ0n) is 14.0. The molecule has 5 heteroatoms. The predicted molar refractivity (Wildman–Crippen MR) is 88.1 cm³/mol. The molecule has 2 atom stereocenters. The number of sulfonamides is 1. The highest BCUT2D eigenvalue weighted by molar-refractivity contribution is 7.89. The average Bonchev–Trinajstić information content (AvgIpc) is 2.44. The number of hydrogen-bond acceptors (Lipinski definition) is 3. The average molecular weight is 325 g/mol. The molecular formula is C17H27NO3S. The highest BCUT2D eigenvalue weighted by Crippen LogP contribution is 2.27. The topological polar surface area (TPSA) is 46.6 Å². The minimum Gasteiger partial charge on any atom is -0.374 e. The monoisotopic (exact) mass is 325 g/mol. The van der Waals surface area contributed by atoms with Gasteiger partial charge in [-0.05, 0) is 49.8 Å². The van der Waals surface area contributed by atoms with Crippen molar-refractivity contribution >= 4 is 10.0 Å². The van der Waals surface area contributed by atoms with Crippen LogP contribution in [0, 0.1) is 11.8 Å². The minimum absolute atomic E-state index is 0.129. The van der Waals surface area contributed by atoms with E-state index in [-0.39, 0.29) is 6.10 Å². The summed E-state index contributed by atoms with van der Waals surface area (Å²) >= 11 is 0. The van der Waals surface area contributed by atoms with Gasteiger partial charge in [-0.15, -0.1) is 0 Å². The van der Waals surface area contributed by atoms with Crippen molar-refractivity contribution in [1.29, 1.82) is 0 Å². The fourth-order valence-corrected chi connectivity index (χ4v) is 4.76. The molecule has 0 radical (unpaired) electrons. The second kappa shape index (κ2) is 7.11. The summed E-state index contributed by atoms with van der Waals surface area (Å²) < 4.78 is 32.9. The standard InChI is InChI=1S/C17H27NO3S/c1-13(2)21-12-16-6-5-7-17(9-16)22(19,20)18-10-14(3)8-15(4)11-18/h5-7,9,13-15H,8,10-12H2,1-4H3. The van der Waals surface area contributed by atoms with Gasteiger partial charge >= 0.3 is 0 Å². The summed E-state index contributed by atoms with van der Waals surface area (Å²) in [4.78, 5) is 0.374. The predicted octanol–water partition coefficient (Wildman–Crippen LogP) is 3.28. The lowest BCUT2D eigenvalue weighted by molar-refractivity contribution is 0.0656. The van der Waals surface area contributed by atoms with Gasteiger partial charge < -0.3 is 4.74 Å². The van der Waals surface area contributed by atoms with Crippen LogP contribution in [0.4, 0.5) is 0 Å². The molecule has 1 aliphatic rings. The van der Waals surface area contributed by atoms with E-state index in [1.165, 1.54) is 0 Å². The number of piperidine rings is 1. The first-order valence-corrected chi connectivity index (χ1v) is 9.43. The van der Waals surface area contributed by atoms with Crippen LogP contribution in [-0.2, 0) is 21.4 Å². The summed E-state index contributed by atoms with van der Waals surface area (Å²) in [6.07, 6.45) is 1.22. The number of ether oxygens (including phenoxy) is 1. The number of rotatable bonds is 5. The van der Waals surface area contributed by atoms with Crippen molar-refractivity contribution in [2.45, 2.75) is 51.7 Å². The Morgan fingerprint density at radius 1 is 1.23 bits per heavy atom. The zero-order chi connectivity index (χ0) is 16.3. The second-order valence-electron chi connectivity index (χ2n) is 6.78. The van der Waals surface area contributed by atoms with E-state index in [1.54, 1.807) is 22.5 Å². The SMILES string of the molecule is CC1CC(C)CN(S(=O)(=O)c2cccc(COC(C)C)c2)C1. The maximum atomic E-state index is 12.9. The molecule has 2 unspecified atom stereocenters. The van der Waals surface area contributed by atoms with E-state index in [9.17, 15) is 8.42 Å². The number of hydrogen-bond donors (Lipinski definition) is 0. The van der Waals surface area contributed by atoms with Gasteiger partial charge in [-0.2, -0.15) is 4.31 Å². The molecular weight excluding hydrogens is 298 g/mol. The van der Waals surface area contributed by atoms with E-state index < -0.39 is 10.0 Å². The molecule has 4 nitrogen and oxygen atoms in total. The van der Waals surface area contributed by atoms with Gasteiger partial charge in [0.05, 0.1) is 17.6 Å². The Kier molecular flexibility index (Phi) is 5.64. The van der Waals surface area contributed by atoms with Crippen LogP contribution < -0.4 is 0 Å². The molecule has 124 valence electrons. The van der Waals surface area contributed by atoms with E-state index in [0.29, 0.717) is 36.4 Å². The zero-order valence-corrected chi connectivity index (χ0v) is 14.8. The van der Waals surface area contributed by atoms with Crippen LogP contribution in [0.5, 0.6) is 0 Å². The van der Waals surface area contributed by atoms with E-state index in [0.717, 1.165) is 12.0 Å². The first kappa shape index (κ1) is 17.4. The van der Waals surface area contributed by atoms with Crippen molar-refractivity contribution in [3.8, 4) is 0 Å². The summed E-state index contributed by atoms with van der Waals surface area (Å²) in [5.41, 5.74) is 0.896. The Hall–Kier alpha value is -0.910. The molecule has 1 heterocycles. The third-order valence-electron chi connectivity index (χ3n) is 3.95. The van der Waals surface area contributed by atoms with Crippen molar-refractivity contribution in [3.63, 3.8) is 0 Å². The van der Waals surface area contributed by atoms with Gasteiger partial charge in [0.1, 0.15) is 0 Å². The molecule has 0 N–H and O–H groups in total. The lowest BCUT2D eigenvalue weighted by Gasteiger charge is -2.34. The molecule has 22 heavy (non-hydrogen) atoms. The first-order chi connectivity index (χ1) is 10.3. The molecule has 0 aromatic heterocycles. The van der Waals surface area contributed by atoms with Crippen LogP contribution in [0.15, 0.2) is 29.2 Å². The quantitative estimate of drug-likeness (QED) is 0.834. The number of benzene rings is 1. The third kappa shape index (κ3) is 4.31. The molecule has 0 amide bonds. The summed E-state index contributed by atoms with van der Waals surface area (Å²) in [7, 11) is -3.41. The largest absolute Gasteiger partial charge is 0.374 e. The van der Waals surface area contributed by atoms with Crippen LogP contribution in [0.2, 0.25) is 0 Å². The van der Waals surface area contributed by atoms with Crippen LogP contribution >= 0.6 is 0 Å². The van der Waals surface area contributed by atoms with Crippen molar-refractivity contribution in [2.24, 2.45) is 11.8 Å². The molecule has 2 rings (SSSR count). The van der Waals surface area contributed by atoms with Gasteiger partial charge in [-0.25, -0.2) is 8.42 Å². The maximum absolute atomic E-state index is 12.9. The minimum atomic E-state index is -3.41. The van der Waals surface area contributed by atoms with Gasteiger partial charge in [0.25, 0.3) is 0 Å². The second-order valence-corrected chi connectivity index (χ2v) is 8.71. The van der Waals surface area contributed by atoms with Gasteiger partial charge in [0.15, 0.2) is 0 Å². The normalized spacial score (nSPS) is 23.9. The van der Waals surface area contributed by atoms with Crippen LogP contribution in [0.1, 0.15) is 39.7 Å². The Labute approximate surface area is 134 Å². The van der Waals surface area contributed by atoms with E-state index >= 15 is 0 Å². The Bertz CT molecular complexity index is 588. The lowest BCUT2D eigenvalue weighted by atomic mass is 9.94. The summed E-state index contributed by atoms with van der Waals surface area (Å²) in [5, 5.41) is 0. The van der Waals surface area contributed by atoms with Crippen LogP contribution in [-0.4, -0.2) is 31.9 Å². The smallest absolute Gasteiger partial charge is 0.243 e. The molecule has 0 spiro atoms. The van der Waals surface area contributed by atoms with Crippen LogP contribution in [0.25, 0.3) is 0 Å². The fraction of sp³-hybridized carbons (Fsp3) is 0.647. The van der Waals surface area contributed by atoms with Crippen molar-refractivity contribution in [2.75, 3.05) is 13.1 Å². The first-order valence-electron chi connectivity index (χ1n) is 7.99. The van der Waals surface area contributed by atoms with Gasteiger partial charge in [-0.3, -0.25) is 0 Å². The van der Waals surface area contributed by atoms with Gasteiger partial charge in [-0.1, -0.05) is 26.0 Å². The summed E-state index contributed by atoms with van der Waals surface area (Å²) in [5.74, 6) is 0.817. The Morgan fingerprint density at radius 2 is 1.86 bits per heavy atom. The molecule has 0 bridgehead atoms. The van der Waals surface area contributed by atoms with Crippen molar-refractivity contribution < 1.29 is 13.2 Å². The molecule has 1 saturated heterocycles. The van der Waals surface area contributed by atoms with E-state index in [4.69, 9.17) is 4.74 Å². The van der Waals surface area contributed by atoms with Gasteiger partial charge in [0, 0.05) is 13.1 Å². The molecule has 0 aliphatic carbocycles. The highest BCUT2D eigenvalue weighted by Gasteiger charge is 2.31. The van der Waals surface area contributed by atoms with Crippen molar-refractivity contribution in [3.05, 3.63) is 29.8 Å². The molecule has 1 fully saturated rings. The van der Waals surface area contributed by atoms with Crippen molar-refractivity contribution in [1.82, 2.24) is 4.31 Å². The maximum Gasteiger partial charge on any atom is 0.243 e. The fourth-order valence-electron chi connectivity index (χ4n) is 3.01. The number of nitrogens with zero attached hydrogens (tertiary/aromatic N) is 1. The molecule has 0 saturated carbocycles. The van der Waals surface area contributed by atoms with Crippen LogP contribution in [0.3, 0.4) is 0 Å². The lowest BCUT2D eigenvalue weighted by Crippen LogP contribution is -2.42. The Balaban J connectivity index is 2.20. The van der Waals surface area contributed by atoms with E-state index in [2.05, 4.69) is 13.8 Å². The molecule has 1 aliphatic heterocycles. The van der Waals surface area contributed by atoms with E-state index in [1.807, 2.05) is 19.9 Å². The van der Waals surface area contributed by atoms with Gasteiger partial charge in [0.2, 0.25) is 10.0 Å². The molecule has 1 aromatic carbocycles. The third-order valence-corrected chi connectivity index (χ3v) is 5.78. The molecule has 1 aromatic rings.